The van der Waals surface area contributed by atoms with E-state index in [1.165, 1.54) is 34.9 Å². The zero-order valence-electron chi connectivity index (χ0n) is 11.8. The Labute approximate surface area is 124 Å². The van der Waals surface area contributed by atoms with Crippen LogP contribution in [0.3, 0.4) is 0 Å². The minimum atomic E-state index is -3.13. The van der Waals surface area contributed by atoms with Crippen molar-refractivity contribution in [2.75, 3.05) is 31.3 Å². The van der Waals surface area contributed by atoms with Crippen molar-refractivity contribution in [2.45, 2.75) is 37.6 Å². The third-order valence-electron chi connectivity index (χ3n) is 4.08. The Bertz CT molecular complexity index is 582. The molecule has 1 unspecified atom stereocenters. The molecule has 2 fully saturated rings. The smallest absolute Gasteiger partial charge is 0.211 e. The van der Waals surface area contributed by atoms with Crippen molar-refractivity contribution in [2.24, 2.45) is 0 Å². The molecule has 8 heteroatoms. The summed E-state index contributed by atoms with van der Waals surface area (Å²) in [4.78, 5) is 6.80. The summed E-state index contributed by atoms with van der Waals surface area (Å²) < 4.78 is 29.2. The fraction of sp³-hybridized carbons (Fsp3) is 0.833. The van der Waals surface area contributed by atoms with Gasteiger partial charge in [-0.2, -0.15) is 4.37 Å². The topological polar surface area (TPSA) is 66.4 Å². The predicted molar refractivity (Wildman–Crippen MR) is 79.7 cm³/mol. The van der Waals surface area contributed by atoms with Gasteiger partial charge >= 0.3 is 0 Å². The standard InChI is InChI=1S/C12H20N4O2S2/c1-15(20(2,17)18)10-4-3-7-16(8-10)12-13-11(14-19-12)9-5-6-9/h9-10H,3-8H2,1-2H3. The van der Waals surface area contributed by atoms with Gasteiger partial charge in [0.25, 0.3) is 0 Å². The first kappa shape index (κ1) is 14.2. The highest BCUT2D eigenvalue weighted by molar-refractivity contribution is 7.88. The van der Waals surface area contributed by atoms with Crippen molar-refractivity contribution in [1.29, 1.82) is 0 Å². The minimum Gasteiger partial charge on any atom is -0.345 e. The molecule has 0 amide bonds. The fourth-order valence-electron chi connectivity index (χ4n) is 2.56. The van der Waals surface area contributed by atoms with Crippen molar-refractivity contribution < 1.29 is 8.42 Å². The number of anilines is 1. The van der Waals surface area contributed by atoms with Gasteiger partial charge in [-0.25, -0.2) is 17.7 Å². The molecule has 0 aromatic carbocycles. The number of piperidine rings is 1. The van der Waals surface area contributed by atoms with Crippen LogP contribution < -0.4 is 4.90 Å². The van der Waals surface area contributed by atoms with Gasteiger partial charge in [0.1, 0.15) is 5.82 Å². The number of hydrogen-bond donors (Lipinski definition) is 0. The van der Waals surface area contributed by atoms with Crippen LogP contribution in [-0.4, -0.2) is 54.5 Å². The normalized spacial score (nSPS) is 24.4. The molecule has 6 nitrogen and oxygen atoms in total. The number of likely N-dealkylation sites (N-methyl/N-ethyl adjacent to an activating group) is 1. The summed E-state index contributed by atoms with van der Waals surface area (Å²) >= 11 is 1.44. The Balaban J connectivity index is 1.70. The Morgan fingerprint density at radius 1 is 1.35 bits per heavy atom. The largest absolute Gasteiger partial charge is 0.345 e. The minimum absolute atomic E-state index is 0.0343. The van der Waals surface area contributed by atoms with Gasteiger partial charge in [0.05, 0.1) is 6.26 Å². The molecule has 0 N–H and O–H groups in total. The van der Waals surface area contributed by atoms with E-state index >= 15 is 0 Å². The van der Waals surface area contributed by atoms with Crippen LogP contribution in [0.5, 0.6) is 0 Å². The Morgan fingerprint density at radius 3 is 2.75 bits per heavy atom. The molecule has 1 aromatic heterocycles. The van der Waals surface area contributed by atoms with Gasteiger partial charge in [-0.05, 0) is 25.7 Å². The molecule has 1 saturated carbocycles. The first-order valence-electron chi connectivity index (χ1n) is 6.96. The van der Waals surface area contributed by atoms with Crippen molar-refractivity contribution in [1.82, 2.24) is 13.7 Å². The number of nitrogens with zero attached hydrogens (tertiary/aromatic N) is 4. The maximum absolute atomic E-state index is 11.7. The lowest BCUT2D eigenvalue weighted by atomic mass is 10.1. The first-order chi connectivity index (χ1) is 9.45. The summed E-state index contributed by atoms with van der Waals surface area (Å²) in [6.07, 6.45) is 5.57. The van der Waals surface area contributed by atoms with E-state index < -0.39 is 10.0 Å². The van der Waals surface area contributed by atoms with Crippen LogP contribution >= 0.6 is 11.5 Å². The summed E-state index contributed by atoms with van der Waals surface area (Å²) in [5, 5.41) is 0.943. The van der Waals surface area contributed by atoms with Crippen LogP contribution in [0.1, 0.15) is 37.4 Å². The van der Waals surface area contributed by atoms with Crippen LogP contribution in [0, 0.1) is 0 Å². The highest BCUT2D eigenvalue weighted by atomic mass is 32.2. The molecular formula is C12H20N4O2S2. The van der Waals surface area contributed by atoms with Gasteiger partial charge < -0.3 is 4.90 Å². The van der Waals surface area contributed by atoms with E-state index in [0.717, 1.165) is 30.3 Å². The second-order valence-corrected chi connectivity index (χ2v) is 8.50. The number of hydrogen-bond acceptors (Lipinski definition) is 6. The molecule has 2 aliphatic rings. The zero-order valence-corrected chi connectivity index (χ0v) is 13.5. The fourth-order valence-corrected chi connectivity index (χ4v) is 4.05. The van der Waals surface area contributed by atoms with E-state index in [0.29, 0.717) is 12.5 Å². The molecule has 1 aliphatic heterocycles. The van der Waals surface area contributed by atoms with Gasteiger partial charge in [0.15, 0.2) is 0 Å². The molecule has 1 saturated heterocycles. The van der Waals surface area contributed by atoms with Gasteiger partial charge in [-0.15, -0.1) is 0 Å². The van der Waals surface area contributed by atoms with E-state index in [9.17, 15) is 8.42 Å². The summed E-state index contributed by atoms with van der Waals surface area (Å²) in [5.74, 6) is 1.54. The van der Waals surface area contributed by atoms with E-state index in [4.69, 9.17) is 0 Å². The Morgan fingerprint density at radius 2 is 2.10 bits per heavy atom. The van der Waals surface area contributed by atoms with Crippen molar-refractivity contribution >= 4 is 26.7 Å². The van der Waals surface area contributed by atoms with Crippen molar-refractivity contribution in [3.8, 4) is 0 Å². The lowest BCUT2D eigenvalue weighted by Crippen LogP contribution is -2.48. The van der Waals surface area contributed by atoms with Crippen LogP contribution in [-0.2, 0) is 10.0 Å². The van der Waals surface area contributed by atoms with Gasteiger partial charge in [0.2, 0.25) is 15.2 Å². The lowest BCUT2D eigenvalue weighted by Gasteiger charge is -2.36. The molecule has 0 radical (unpaired) electrons. The zero-order chi connectivity index (χ0) is 14.3. The van der Waals surface area contributed by atoms with Crippen LogP contribution in [0.2, 0.25) is 0 Å². The first-order valence-corrected chi connectivity index (χ1v) is 9.59. The van der Waals surface area contributed by atoms with Crippen molar-refractivity contribution in [3.63, 3.8) is 0 Å². The summed E-state index contributed by atoms with van der Waals surface area (Å²) in [7, 11) is -1.47. The average Bonchev–Trinajstić information content (AvgIpc) is 3.15. The van der Waals surface area contributed by atoms with E-state index in [2.05, 4.69) is 14.3 Å². The lowest BCUT2D eigenvalue weighted by molar-refractivity contribution is 0.322. The van der Waals surface area contributed by atoms with Crippen LogP contribution in [0.25, 0.3) is 0 Å². The maximum atomic E-state index is 11.7. The summed E-state index contributed by atoms with van der Waals surface area (Å²) in [6, 6.07) is 0.0343. The SMILES string of the molecule is CN(C1CCCN(c2nc(C3CC3)ns2)C1)S(C)(=O)=O. The van der Waals surface area contributed by atoms with E-state index in [-0.39, 0.29) is 6.04 Å². The molecule has 1 aromatic rings. The van der Waals surface area contributed by atoms with E-state index in [1.807, 2.05) is 0 Å². The van der Waals surface area contributed by atoms with Crippen LogP contribution in [0.15, 0.2) is 0 Å². The molecule has 0 spiro atoms. The second-order valence-electron chi connectivity index (χ2n) is 5.73. The van der Waals surface area contributed by atoms with Crippen LogP contribution in [0.4, 0.5) is 5.13 Å². The molecule has 2 heterocycles. The van der Waals surface area contributed by atoms with E-state index in [1.54, 1.807) is 7.05 Å². The molecule has 1 aliphatic carbocycles. The van der Waals surface area contributed by atoms with Gasteiger partial charge in [0, 0.05) is 43.6 Å². The average molecular weight is 316 g/mol. The molecule has 3 rings (SSSR count). The third-order valence-corrected chi connectivity index (χ3v) is 6.21. The number of rotatable bonds is 4. The summed E-state index contributed by atoms with van der Waals surface area (Å²) in [6.45, 7) is 1.65. The third kappa shape index (κ3) is 2.96. The highest BCUT2D eigenvalue weighted by Crippen LogP contribution is 2.40. The molecule has 1 atom stereocenters. The Hall–Kier alpha value is -0.730. The maximum Gasteiger partial charge on any atom is 0.211 e. The molecule has 112 valence electrons. The molecule has 0 bridgehead atoms. The quantitative estimate of drug-likeness (QED) is 0.837. The Kier molecular flexibility index (Phi) is 3.72. The molecule has 20 heavy (non-hydrogen) atoms. The highest BCUT2D eigenvalue weighted by Gasteiger charge is 2.31. The number of sulfonamides is 1. The second kappa shape index (κ2) is 5.23. The van der Waals surface area contributed by atoms with Gasteiger partial charge in [-0.3, -0.25) is 0 Å². The monoisotopic (exact) mass is 316 g/mol. The predicted octanol–water partition coefficient (Wildman–Crippen LogP) is 1.28. The van der Waals surface area contributed by atoms with Gasteiger partial charge in [-0.1, -0.05) is 0 Å². The van der Waals surface area contributed by atoms with Crippen molar-refractivity contribution in [3.05, 3.63) is 5.82 Å². The number of aromatic nitrogens is 2. The summed E-state index contributed by atoms with van der Waals surface area (Å²) in [5.41, 5.74) is 0. The molecular weight excluding hydrogens is 296 g/mol.